The smallest absolute Gasteiger partial charge is 0.146 e. The van der Waals surface area contributed by atoms with Crippen LogP contribution >= 0.6 is 0 Å². The van der Waals surface area contributed by atoms with Gasteiger partial charge in [0.05, 0.1) is 24.1 Å². The van der Waals surface area contributed by atoms with Crippen molar-refractivity contribution in [2.24, 2.45) is 0 Å². The third-order valence-corrected chi connectivity index (χ3v) is 3.24. The first-order chi connectivity index (χ1) is 10.1. The lowest BCUT2D eigenvalue weighted by Gasteiger charge is -2.20. The largest absolute Gasteiger partial charge is 0.394 e. The van der Waals surface area contributed by atoms with E-state index in [1.807, 2.05) is 0 Å². The molecule has 7 nitrogen and oxygen atoms in total. The molecule has 0 bridgehead atoms. The van der Waals surface area contributed by atoms with Crippen LogP contribution in [0, 0.1) is 11.8 Å². The van der Waals surface area contributed by atoms with Crippen LogP contribution in [0.25, 0.3) is 11.0 Å². The van der Waals surface area contributed by atoms with Crippen LogP contribution in [0.1, 0.15) is 12.5 Å². The Bertz CT molecular complexity index is 683. The van der Waals surface area contributed by atoms with Crippen molar-refractivity contribution in [1.82, 2.24) is 14.5 Å². The maximum absolute atomic E-state index is 10.1. The van der Waals surface area contributed by atoms with Crippen molar-refractivity contribution in [3.8, 4) is 11.8 Å². The van der Waals surface area contributed by atoms with E-state index in [2.05, 4.69) is 21.8 Å². The molecule has 2 heterocycles. The minimum Gasteiger partial charge on any atom is -0.394 e. The summed E-state index contributed by atoms with van der Waals surface area (Å²) in [7, 11) is 1.44. The topological polar surface area (TPSA) is 106 Å². The van der Waals surface area contributed by atoms with Crippen molar-refractivity contribution >= 4 is 16.9 Å². The normalized spacial score (nSPS) is 13.7. The standard InChI is InChI=1S/C14H18N4O3/c1-3-4-9-5-18(6-10(20)11(7-19)21-2)14-12(9)13(15)16-8-17-14/h5,8,10-11,19-20H,6-7H2,1-2H3,(H2,15,16,17). The number of nitrogens with two attached hydrogens (primary N) is 1. The Morgan fingerprint density at radius 3 is 2.86 bits per heavy atom. The van der Waals surface area contributed by atoms with Gasteiger partial charge in [-0.3, -0.25) is 0 Å². The van der Waals surface area contributed by atoms with Crippen LogP contribution in [0.3, 0.4) is 0 Å². The van der Waals surface area contributed by atoms with Crippen LogP contribution in [0.15, 0.2) is 12.5 Å². The molecule has 0 radical (unpaired) electrons. The molecule has 112 valence electrons. The quantitative estimate of drug-likeness (QED) is 0.656. The summed E-state index contributed by atoms with van der Waals surface area (Å²) in [5.41, 5.74) is 7.18. The van der Waals surface area contributed by atoms with E-state index in [1.165, 1.54) is 13.4 Å². The number of anilines is 1. The number of aliphatic hydroxyl groups is 2. The fourth-order valence-electron chi connectivity index (χ4n) is 2.19. The first kappa shape index (κ1) is 15.3. The molecule has 0 aliphatic heterocycles. The summed E-state index contributed by atoms with van der Waals surface area (Å²) in [5.74, 6) is 6.11. The highest BCUT2D eigenvalue weighted by Gasteiger charge is 2.20. The second kappa shape index (κ2) is 6.54. The highest BCUT2D eigenvalue weighted by Crippen LogP contribution is 2.23. The molecular weight excluding hydrogens is 272 g/mol. The summed E-state index contributed by atoms with van der Waals surface area (Å²) < 4.78 is 6.76. The van der Waals surface area contributed by atoms with Crippen LogP contribution in [0.5, 0.6) is 0 Å². The molecule has 4 N–H and O–H groups in total. The van der Waals surface area contributed by atoms with Gasteiger partial charge >= 0.3 is 0 Å². The Morgan fingerprint density at radius 1 is 1.48 bits per heavy atom. The van der Waals surface area contributed by atoms with Crippen LogP contribution in [0.2, 0.25) is 0 Å². The Kier molecular flexibility index (Phi) is 4.75. The molecule has 0 fully saturated rings. The zero-order valence-corrected chi connectivity index (χ0v) is 11.9. The predicted molar refractivity (Wildman–Crippen MR) is 78.4 cm³/mol. The number of hydrogen-bond acceptors (Lipinski definition) is 6. The van der Waals surface area contributed by atoms with Gasteiger partial charge in [-0.2, -0.15) is 0 Å². The molecule has 0 spiro atoms. The van der Waals surface area contributed by atoms with Crippen molar-refractivity contribution in [1.29, 1.82) is 0 Å². The van der Waals surface area contributed by atoms with E-state index in [9.17, 15) is 5.11 Å². The number of aromatic nitrogens is 3. The maximum Gasteiger partial charge on any atom is 0.146 e. The summed E-state index contributed by atoms with van der Waals surface area (Å²) in [6.07, 6.45) is 1.58. The van der Waals surface area contributed by atoms with Gasteiger partial charge in [0.2, 0.25) is 0 Å². The monoisotopic (exact) mass is 290 g/mol. The van der Waals surface area contributed by atoms with Crippen molar-refractivity contribution in [3.05, 3.63) is 18.1 Å². The first-order valence-electron chi connectivity index (χ1n) is 6.46. The predicted octanol–water partition coefficient (Wildman–Crippen LogP) is -0.247. The second-order valence-electron chi connectivity index (χ2n) is 4.55. The summed E-state index contributed by atoms with van der Waals surface area (Å²) in [5, 5.41) is 19.9. The molecule has 0 aliphatic carbocycles. The molecule has 0 saturated carbocycles. The minimum absolute atomic E-state index is 0.206. The number of fused-ring (bicyclic) bond motifs is 1. The molecule has 2 aromatic rings. The summed E-state index contributed by atoms with van der Waals surface area (Å²) in [6.45, 7) is 1.66. The Balaban J connectivity index is 2.44. The second-order valence-corrected chi connectivity index (χ2v) is 4.55. The maximum atomic E-state index is 10.1. The molecule has 2 unspecified atom stereocenters. The Labute approximate surface area is 122 Å². The molecule has 2 aromatic heterocycles. The molecule has 0 saturated heterocycles. The number of ether oxygens (including phenoxy) is 1. The SMILES string of the molecule is CC#Cc1cn(CC(O)C(CO)OC)c2ncnc(N)c12. The summed E-state index contributed by atoms with van der Waals surface area (Å²) >= 11 is 0. The number of rotatable bonds is 5. The first-order valence-corrected chi connectivity index (χ1v) is 6.46. The average molecular weight is 290 g/mol. The number of aliphatic hydroxyl groups excluding tert-OH is 2. The van der Waals surface area contributed by atoms with E-state index >= 15 is 0 Å². The summed E-state index contributed by atoms with van der Waals surface area (Å²) in [4.78, 5) is 8.17. The molecular formula is C14H18N4O3. The fraction of sp³-hybridized carbons (Fsp3) is 0.429. The van der Waals surface area contributed by atoms with Gasteiger partial charge in [-0.25, -0.2) is 9.97 Å². The molecule has 0 aliphatic rings. The highest BCUT2D eigenvalue weighted by molar-refractivity contribution is 5.92. The summed E-state index contributed by atoms with van der Waals surface area (Å²) in [6, 6.07) is 0. The lowest BCUT2D eigenvalue weighted by atomic mass is 10.2. The van der Waals surface area contributed by atoms with Crippen LogP contribution in [-0.4, -0.2) is 50.7 Å². The van der Waals surface area contributed by atoms with Gasteiger partial charge in [-0.05, 0) is 6.92 Å². The van der Waals surface area contributed by atoms with Crippen LogP contribution in [-0.2, 0) is 11.3 Å². The number of methoxy groups -OCH3 is 1. The Hall–Kier alpha value is -2.14. The zero-order valence-electron chi connectivity index (χ0n) is 11.9. The lowest BCUT2D eigenvalue weighted by Crippen LogP contribution is -2.34. The van der Waals surface area contributed by atoms with Crippen molar-refractivity contribution in [2.45, 2.75) is 25.7 Å². The van der Waals surface area contributed by atoms with Gasteiger partial charge in [-0.15, -0.1) is 5.92 Å². The third kappa shape index (κ3) is 2.97. The van der Waals surface area contributed by atoms with Gasteiger partial charge in [0.15, 0.2) is 0 Å². The fourth-order valence-corrected chi connectivity index (χ4v) is 2.19. The van der Waals surface area contributed by atoms with Gasteiger partial charge in [0, 0.05) is 13.3 Å². The minimum atomic E-state index is -0.880. The third-order valence-electron chi connectivity index (χ3n) is 3.24. The number of nitrogen functional groups attached to an aromatic ring is 1. The number of nitrogens with zero attached hydrogens (tertiary/aromatic N) is 3. The molecule has 7 heteroatoms. The van der Waals surface area contributed by atoms with Gasteiger partial charge < -0.3 is 25.3 Å². The van der Waals surface area contributed by atoms with Gasteiger partial charge in [-0.1, -0.05) is 5.92 Å². The van der Waals surface area contributed by atoms with E-state index in [1.54, 1.807) is 17.7 Å². The average Bonchev–Trinajstić information content (AvgIpc) is 2.80. The van der Waals surface area contributed by atoms with E-state index in [-0.39, 0.29) is 13.2 Å². The molecule has 21 heavy (non-hydrogen) atoms. The van der Waals surface area contributed by atoms with Crippen LogP contribution in [0.4, 0.5) is 5.82 Å². The highest BCUT2D eigenvalue weighted by atomic mass is 16.5. The van der Waals surface area contributed by atoms with Crippen molar-refractivity contribution in [2.75, 3.05) is 19.5 Å². The molecule has 2 atom stereocenters. The van der Waals surface area contributed by atoms with E-state index < -0.39 is 12.2 Å². The molecule has 0 aromatic carbocycles. The van der Waals surface area contributed by atoms with Gasteiger partial charge in [0.1, 0.15) is 30.0 Å². The van der Waals surface area contributed by atoms with Crippen LogP contribution < -0.4 is 5.73 Å². The van der Waals surface area contributed by atoms with Crippen molar-refractivity contribution in [3.63, 3.8) is 0 Å². The van der Waals surface area contributed by atoms with Gasteiger partial charge in [0.25, 0.3) is 0 Å². The lowest BCUT2D eigenvalue weighted by molar-refractivity contribution is -0.0467. The van der Waals surface area contributed by atoms with E-state index in [0.717, 1.165) is 0 Å². The molecule has 0 amide bonds. The van der Waals surface area contributed by atoms with E-state index in [4.69, 9.17) is 15.6 Å². The zero-order chi connectivity index (χ0) is 15.4. The molecule has 2 rings (SSSR count). The number of hydrogen-bond donors (Lipinski definition) is 3. The Morgan fingerprint density at radius 2 is 2.24 bits per heavy atom. The van der Waals surface area contributed by atoms with Crippen molar-refractivity contribution < 1.29 is 14.9 Å². The van der Waals surface area contributed by atoms with E-state index in [0.29, 0.717) is 22.4 Å².